The van der Waals surface area contributed by atoms with E-state index in [0.717, 1.165) is 0 Å². The highest BCUT2D eigenvalue weighted by Crippen LogP contribution is 2.36. The monoisotopic (exact) mass is 240 g/mol. The Labute approximate surface area is 98.9 Å². The quantitative estimate of drug-likeness (QED) is 0.518. The molecule has 2 N–H and O–H groups in total. The van der Waals surface area contributed by atoms with Gasteiger partial charge in [0, 0.05) is 11.0 Å². The molecule has 0 saturated carbocycles. The smallest absolute Gasteiger partial charge is 0.493 e. The Hall–Kier alpha value is -1.73. The van der Waals surface area contributed by atoms with Crippen molar-refractivity contribution in [2.24, 2.45) is 0 Å². The molecule has 6 nitrogen and oxygen atoms in total. The van der Waals surface area contributed by atoms with Gasteiger partial charge in [-0.2, -0.15) is 0 Å². The minimum absolute atomic E-state index is 0.0554. The van der Waals surface area contributed by atoms with Gasteiger partial charge in [-0.25, -0.2) is 0 Å². The lowest BCUT2D eigenvalue weighted by atomic mass is 9.76. The van der Waals surface area contributed by atoms with Crippen LogP contribution in [-0.2, 0) is 0 Å². The van der Waals surface area contributed by atoms with Crippen LogP contribution in [0.1, 0.15) is 10.4 Å². The molecule has 0 unspecified atom stereocenters. The second-order valence-electron chi connectivity index (χ2n) is 3.14. The van der Waals surface area contributed by atoms with Crippen LogP contribution in [-0.4, -0.2) is 44.8 Å². The van der Waals surface area contributed by atoms with Crippen LogP contribution in [0.2, 0.25) is 0 Å². The van der Waals surface area contributed by atoms with Gasteiger partial charge in [0.2, 0.25) is 5.75 Å². The lowest BCUT2D eigenvalue weighted by Crippen LogP contribution is -2.34. The summed E-state index contributed by atoms with van der Waals surface area (Å²) < 4.78 is 15.1. The number of methoxy groups -OCH3 is 3. The summed E-state index contributed by atoms with van der Waals surface area (Å²) in [4.78, 5) is 10.9. The highest BCUT2D eigenvalue weighted by molar-refractivity contribution is 6.61. The summed E-state index contributed by atoms with van der Waals surface area (Å²) in [6, 6.07) is 1.35. The number of ether oxygens (including phenoxy) is 3. The second kappa shape index (κ2) is 5.56. The second-order valence-corrected chi connectivity index (χ2v) is 3.14. The van der Waals surface area contributed by atoms with Crippen LogP contribution in [0.4, 0.5) is 0 Å². The zero-order valence-electron chi connectivity index (χ0n) is 9.76. The summed E-state index contributed by atoms with van der Waals surface area (Å²) in [6.45, 7) is 0. The summed E-state index contributed by atoms with van der Waals surface area (Å²) in [5, 5.41) is 18.5. The maximum Gasteiger partial charge on any atom is 0.493 e. The third-order valence-corrected chi connectivity index (χ3v) is 2.29. The van der Waals surface area contributed by atoms with Crippen molar-refractivity contribution >= 4 is 18.9 Å². The minimum atomic E-state index is -1.84. The largest absolute Gasteiger partial charge is 0.493 e. The van der Waals surface area contributed by atoms with Gasteiger partial charge in [0.15, 0.2) is 11.5 Å². The molecule has 0 amide bonds. The van der Waals surface area contributed by atoms with Gasteiger partial charge in [-0.3, -0.25) is 4.79 Å². The fourth-order valence-corrected chi connectivity index (χ4v) is 1.56. The van der Waals surface area contributed by atoms with E-state index in [1.165, 1.54) is 27.4 Å². The molecule has 0 aliphatic heterocycles. The number of carbonyl (C=O) groups is 1. The molecule has 0 fully saturated rings. The van der Waals surface area contributed by atoms with Gasteiger partial charge in [-0.1, -0.05) is 0 Å². The average molecular weight is 240 g/mol. The molecule has 1 aromatic carbocycles. The van der Waals surface area contributed by atoms with E-state index < -0.39 is 7.12 Å². The summed E-state index contributed by atoms with van der Waals surface area (Å²) in [5.41, 5.74) is 0.00894. The van der Waals surface area contributed by atoms with E-state index in [2.05, 4.69) is 0 Å². The number of benzene rings is 1. The zero-order chi connectivity index (χ0) is 13.0. The van der Waals surface area contributed by atoms with Crippen molar-refractivity contribution in [1.29, 1.82) is 0 Å². The van der Waals surface area contributed by atoms with Crippen LogP contribution in [0.5, 0.6) is 17.2 Å². The maximum atomic E-state index is 10.9. The van der Waals surface area contributed by atoms with Crippen LogP contribution >= 0.6 is 0 Å². The molecule has 1 rings (SSSR count). The summed E-state index contributed by atoms with van der Waals surface area (Å²) in [7, 11) is 2.28. The minimum Gasteiger partial charge on any atom is -0.493 e. The Bertz CT molecular complexity index is 418. The Kier molecular flexibility index (Phi) is 4.36. The van der Waals surface area contributed by atoms with E-state index in [1.807, 2.05) is 0 Å². The molecule has 0 spiro atoms. The van der Waals surface area contributed by atoms with Gasteiger partial charge in [0.25, 0.3) is 0 Å². The van der Waals surface area contributed by atoms with Crippen molar-refractivity contribution in [2.75, 3.05) is 21.3 Å². The molecular formula is C10H13BO6. The van der Waals surface area contributed by atoms with E-state index in [0.29, 0.717) is 6.29 Å². The van der Waals surface area contributed by atoms with E-state index in [9.17, 15) is 14.8 Å². The molecule has 17 heavy (non-hydrogen) atoms. The summed E-state index contributed by atoms with van der Waals surface area (Å²) in [6.07, 6.45) is 0.485. The molecule has 0 saturated heterocycles. The molecule has 1 aromatic rings. The van der Waals surface area contributed by atoms with Gasteiger partial charge in [-0.15, -0.1) is 0 Å². The number of hydrogen-bond donors (Lipinski definition) is 2. The molecule has 0 aromatic heterocycles. The molecule has 92 valence electrons. The molecule has 0 atom stereocenters. The highest BCUT2D eigenvalue weighted by atomic mass is 16.5. The fourth-order valence-electron chi connectivity index (χ4n) is 1.56. The molecule has 0 heterocycles. The van der Waals surface area contributed by atoms with E-state index >= 15 is 0 Å². The highest BCUT2D eigenvalue weighted by Gasteiger charge is 2.27. The normalized spacial score (nSPS) is 9.71. The predicted octanol–water partition coefficient (Wildman–Crippen LogP) is -0.795. The number of aldehydes is 1. The molecule has 0 aliphatic rings. The number of hydrogen-bond acceptors (Lipinski definition) is 6. The summed E-state index contributed by atoms with van der Waals surface area (Å²) >= 11 is 0. The first-order chi connectivity index (χ1) is 8.10. The van der Waals surface area contributed by atoms with Gasteiger partial charge < -0.3 is 24.3 Å². The third kappa shape index (κ3) is 2.35. The van der Waals surface area contributed by atoms with E-state index in [-0.39, 0.29) is 28.3 Å². The lowest BCUT2D eigenvalue weighted by Gasteiger charge is -2.17. The average Bonchev–Trinajstić information content (AvgIpc) is 2.35. The molecule has 0 bridgehead atoms. The van der Waals surface area contributed by atoms with Crippen LogP contribution < -0.4 is 19.7 Å². The number of rotatable bonds is 5. The zero-order valence-corrected chi connectivity index (χ0v) is 9.76. The first-order valence-electron chi connectivity index (χ1n) is 4.74. The van der Waals surface area contributed by atoms with Gasteiger partial charge >= 0.3 is 7.12 Å². The first-order valence-corrected chi connectivity index (χ1v) is 4.74. The third-order valence-electron chi connectivity index (χ3n) is 2.29. The van der Waals surface area contributed by atoms with Crippen molar-refractivity contribution in [3.8, 4) is 17.2 Å². The van der Waals surface area contributed by atoms with Crippen molar-refractivity contribution in [2.45, 2.75) is 0 Å². The molecule has 0 radical (unpaired) electrons. The van der Waals surface area contributed by atoms with Crippen molar-refractivity contribution < 1.29 is 29.1 Å². The standard InChI is InChI=1S/C10H13BO6/c1-15-7-4-6(5-12)8(11(13)14)10(17-3)9(7)16-2/h4-5,13-14H,1-3H3. The van der Waals surface area contributed by atoms with Crippen molar-refractivity contribution in [1.82, 2.24) is 0 Å². The molecular weight excluding hydrogens is 227 g/mol. The maximum absolute atomic E-state index is 10.9. The van der Waals surface area contributed by atoms with Crippen LogP contribution in [0.3, 0.4) is 0 Å². The van der Waals surface area contributed by atoms with Gasteiger partial charge in [0.1, 0.15) is 6.29 Å². The first kappa shape index (κ1) is 13.3. The SMILES string of the molecule is COc1cc(C=O)c(B(O)O)c(OC)c1OC. The van der Waals surface area contributed by atoms with Crippen LogP contribution in [0.15, 0.2) is 6.07 Å². The van der Waals surface area contributed by atoms with Crippen molar-refractivity contribution in [3.05, 3.63) is 11.6 Å². The molecule has 0 aliphatic carbocycles. The molecule has 7 heteroatoms. The van der Waals surface area contributed by atoms with Crippen LogP contribution in [0, 0.1) is 0 Å². The van der Waals surface area contributed by atoms with E-state index in [4.69, 9.17) is 14.2 Å². The Morgan fingerprint density at radius 2 is 1.71 bits per heavy atom. The predicted molar refractivity (Wildman–Crippen MR) is 61.3 cm³/mol. The van der Waals surface area contributed by atoms with Gasteiger partial charge in [-0.05, 0) is 6.07 Å². The Morgan fingerprint density at radius 1 is 1.12 bits per heavy atom. The fraction of sp³-hybridized carbons (Fsp3) is 0.300. The lowest BCUT2D eigenvalue weighted by molar-refractivity contribution is 0.112. The van der Waals surface area contributed by atoms with Gasteiger partial charge in [0.05, 0.1) is 21.3 Å². The van der Waals surface area contributed by atoms with E-state index in [1.54, 1.807) is 0 Å². The topological polar surface area (TPSA) is 85.2 Å². The number of carbonyl (C=O) groups excluding carboxylic acids is 1. The Morgan fingerprint density at radius 3 is 2.06 bits per heavy atom. The van der Waals surface area contributed by atoms with Crippen molar-refractivity contribution in [3.63, 3.8) is 0 Å². The Balaban J connectivity index is 3.61. The summed E-state index contributed by atoms with van der Waals surface area (Å²) in [5.74, 6) is 0.531. The van der Waals surface area contributed by atoms with Crippen LogP contribution in [0.25, 0.3) is 0 Å².